The van der Waals surface area contributed by atoms with Crippen LogP contribution in [0.1, 0.15) is 16.8 Å². The minimum Gasteiger partial charge on any atom is -0.349 e. The van der Waals surface area contributed by atoms with E-state index in [2.05, 4.69) is 9.97 Å². The number of rotatable bonds is 3. The minimum atomic E-state index is -0.266. The number of H-pyrrole nitrogens is 1. The first-order valence-electron chi connectivity index (χ1n) is 4.63. The van der Waals surface area contributed by atoms with Crippen molar-refractivity contribution < 1.29 is 4.39 Å². The molecule has 1 heterocycles. The molecule has 0 saturated heterocycles. The fraction of sp³-hybridized carbons (Fsp3) is 0.182. The van der Waals surface area contributed by atoms with E-state index >= 15 is 0 Å². The lowest BCUT2D eigenvalue weighted by atomic mass is 10.1. The van der Waals surface area contributed by atoms with Crippen molar-refractivity contribution in [3.63, 3.8) is 0 Å². The highest BCUT2D eigenvalue weighted by Gasteiger charge is 2.10. The van der Waals surface area contributed by atoms with Gasteiger partial charge in [-0.15, -0.1) is 11.6 Å². The summed E-state index contributed by atoms with van der Waals surface area (Å²) in [5.74, 6) is 0.539. The molecule has 0 bridgehead atoms. The Morgan fingerprint density at radius 3 is 3.00 bits per heavy atom. The average molecular weight is 225 g/mol. The third-order valence-corrected chi connectivity index (χ3v) is 2.54. The Morgan fingerprint density at radius 1 is 1.47 bits per heavy atom. The van der Waals surface area contributed by atoms with Gasteiger partial charge in [0.15, 0.2) is 0 Å². The Hall–Kier alpha value is -1.35. The molecule has 0 spiro atoms. The van der Waals surface area contributed by atoms with Crippen LogP contribution in [-0.2, 0) is 6.42 Å². The number of benzene rings is 1. The number of hydrogen-bond acceptors (Lipinski definition) is 1. The monoisotopic (exact) mass is 224 g/mol. The van der Waals surface area contributed by atoms with Crippen molar-refractivity contribution in [1.29, 1.82) is 0 Å². The first-order chi connectivity index (χ1) is 7.25. The molecule has 1 atom stereocenters. The van der Waals surface area contributed by atoms with E-state index in [-0.39, 0.29) is 11.2 Å². The number of nitrogens with zero attached hydrogens (tertiary/aromatic N) is 1. The van der Waals surface area contributed by atoms with E-state index in [4.69, 9.17) is 11.6 Å². The number of aromatic nitrogens is 2. The molecule has 0 aliphatic rings. The smallest absolute Gasteiger partial charge is 0.123 e. The number of alkyl halides is 1. The molecule has 1 aromatic carbocycles. The summed E-state index contributed by atoms with van der Waals surface area (Å²) in [6.07, 6.45) is 3.98. The van der Waals surface area contributed by atoms with Gasteiger partial charge in [0.2, 0.25) is 0 Å². The Bertz CT molecular complexity index is 428. The summed E-state index contributed by atoms with van der Waals surface area (Å²) in [5, 5.41) is -0.258. The fourth-order valence-electron chi connectivity index (χ4n) is 1.40. The van der Waals surface area contributed by atoms with Crippen LogP contribution in [0.15, 0.2) is 36.7 Å². The lowest BCUT2D eigenvalue weighted by molar-refractivity contribution is 0.624. The molecule has 78 valence electrons. The molecule has 0 radical (unpaired) electrons. The van der Waals surface area contributed by atoms with Crippen molar-refractivity contribution in [2.75, 3.05) is 0 Å². The van der Waals surface area contributed by atoms with Crippen LogP contribution in [0.2, 0.25) is 0 Å². The molecule has 0 fully saturated rings. The molecule has 2 rings (SSSR count). The molecule has 1 N–H and O–H groups in total. The van der Waals surface area contributed by atoms with E-state index in [9.17, 15) is 4.39 Å². The van der Waals surface area contributed by atoms with Crippen molar-refractivity contribution in [3.8, 4) is 0 Å². The zero-order valence-electron chi connectivity index (χ0n) is 7.95. The Kier molecular flexibility index (Phi) is 3.02. The quantitative estimate of drug-likeness (QED) is 0.798. The Balaban J connectivity index is 2.11. The second kappa shape index (κ2) is 4.45. The Morgan fingerprint density at radius 2 is 2.33 bits per heavy atom. The highest BCUT2D eigenvalue weighted by molar-refractivity contribution is 6.20. The van der Waals surface area contributed by atoms with Crippen molar-refractivity contribution in [1.82, 2.24) is 9.97 Å². The summed E-state index contributed by atoms with van der Waals surface area (Å²) >= 11 is 6.14. The first-order valence-corrected chi connectivity index (χ1v) is 5.07. The summed E-state index contributed by atoms with van der Waals surface area (Å²) in [7, 11) is 0. The third-order valence-electron chi connectivity index (χ3n) is 2.14. The molecule has 0 aliphatic carbocycles. The number of imidazole rings is 1. The summed E-state index contributed by atoms with van der Waals surface area (Å²) < 4.78 is 12.9. The van der Waals surface area contributed by atoms with E-state index in [1.54, 1.807) is 18.5 Å². The predicted molar refractivity (Wildman–Crippen MR) is 57.3 cm³/mol. The minimum absolute atomic E-state index is 0.258. The van der Waals surface area contributed by atoms with Gasteiger partial charge in [-0.3, -0.25) is 0 Å². The van der Waals surface area contributed by atoms with Gasteiger partial charge in [-0.25, -0.2) is 9.37 Å². The number of aromatic amines is 1. The van der Waals surface area contributed by atoms with E-state index in [0.29, 0.717) is 6.42 Å². The molecule has 0 saturated carbocycles. The summed E-state index contributed by atoms with van der Waals surface area (Å²) in [5.41, 5.74) is 0.771. The van der Waals surface area contributed by atoms with Crippen molar-refractivity contribution in [2.45, 2.75) is 11.8 Å². The van der Waals surface area contributed by atoms with Crippen LogP contribution in [0.3, 0.4) is 0 Å². The van der Waals surface area contributed by atoms with E-state index in [1.807, 2.05) is 6.07 Å². The van der Waals surface area contributed by atoms with Gasteiger partial charge in [-0.2, -0.15) is 0 Å². The van der Waals surface area contributed by atoms with Crippen LogP contribution in [-0.4, -0.2) is 9.97 Å². The summed E-state index contributed by atoms with van der Waals surface area (Å²) in [4.78, 5) is 7.03. The lowest BCUT2D eigenvalue weighted by Gasteiger charge is -2.07. The topological polar surface area (TPSA) is 28.7 Å². The second-order valence-corrected chi connectivity index (χ2v) is 3.79. The van der Waals surface area contributed by atoms with Gasteiger partial charge >= 0.3 is 0 Å². The summed E-state index contributed by atoms with van der Waals surface area (Å²) in [6, 6.07) is 6.31. The van der Waals surface area contributed by atoms with Crippen molar-refractivity contribution in [3.05, 3.63) is 53.9 Å². The van der Waals surface area contributed by atoms with Gasteiger partial charge in [-0.1, -0.05) is 12.1 Å². The summed E-state index contributed by atoms with van der Waals surface area (Å²) in [6.45, 7) is 0. The van der Waals surface area contributed by atoms with Gasteiger partial charge in [0, 0.05) is 18.8 Å². The zero-order valence-corrected chi connectivity index (χ0v) is 8.71. The van der Waals surface area contributed by atoms with Crippen molar-refractivity contribution in [2.24, 2.45) is 0 Å². The van der Waals surface area contributed by atoms with Crippen LogP contribution in [0.25, 0.3) is 0 Å². The second-order valence-electron chi connectivity index (χ2n) is 3.26. The molecule has 4 heteroatoms. The molecular formula is C11H10ClFN2. The molecule has 1 unspecified atom stereocenters. The highest BCUT2D eigenvalue weighted by Crippen LogP contribution is 2.24. The number of halogens is 2. The Labute approximate surface area is 92.1 Å². The van der Waals surface area contributed by atoms with Crippen LogP contribution in [0, 0.1) is 5.82 Å². The maximum atomic E-state index is 12.9. The van der Waals surface area contributed by atoms with Gasteiger partial charge in [-0.05, 0) is 17.7 Å². The van der Waals surface area contributed by atoms with Gasteiger partial charge in [0.05, 0.1) is 5.38 Å². The molecule has 0 amide bonds. The average Bonchev–Trinajstić information content (AvgIpc) is 2.70. The van der Waals surface area contributed by atoms with Crippen LogP contribution < -0.4 is 0 Å². The standard InChI is InChI=1S/C11H10ClFN2/c12-10(7-11-14-4-5-15-11)8-2-1-3-9(13)6-8/h1-6,10H,7H2,(H,14,15). The largest absolute Gasteiger partial charge is 0.349 e. The van der Waals surface area contributed by atoms with Gasteiger partial charge < -0.3 is 4.98 Å². The fourth-order valence-corrected chi connectivity index (χ4v) is 1.68. The molecular weight excluding hydrogens is 215 g/mol. The zero-order chi connectivity index (χ0) is 10.7. The molecule has 2 nitrogen and oxygen atoms in total. The molecule has 0 aliphatic heterocycles. The van der Waals surface area contributed by atoms with E-state index < -0.39 is 0 Å². The third kappa shape index (κ3) is 2.57. The normalized spacial score (nSPS) is 12.7. The number of hydrogen-bond donors (Lipinski definition) is 1. The van der Waals surface area contributed by atoms with Gasteiger partial charge in [0.25, 0.3) is 0 Å². The van der Waals surface area contributed by atoms with E-state index in [0.717, 1.165) is 11.4 Å². The maximum absolute atomic E-state index is 12.9. The maximum Gasteiger partial charge on any atom is 0.123 e. The number of nitrogens with one attached hydrogen (secondary N) is 1. The SMILES string of the molecule is Fc1cccc(C(Cl)Cc2ncc[nH]2)c1. The van der Waals surface area contributed by atoms with Crippen LogP contribution in [0.4, 0.5) is 4.39 Å². The van der Waals surface area contributed by atoms with Crippen molar-refractivity contribution >= 4 is 11.6 Å². The highest BCUT2D eigenvalue weighted by atomic mass is 35.5. The van der Waals surface area contributed by atoms with Crippen LogP contribution >= 0.6 is 11.6 Å². The van der Waals surface area contributed by atoms with E-state index in [1.165, 1.54) is 12.1 Å². The molecule has 15 heavy (non-hydrogen) atoms. The first kappa shape index (κ1) is 10.2. The van der Waals surface area contributed by atoms with Crippen LogP contribution in [0.5, 0.6) is 0 Å². The molecule has 2 aromatic rings. The predicted octanol–water partition coefficient (Wildman–Crippen LogP) is 3.07. The lowest BCUT2D eigenvalue weighted by Crippen LogP contribution is -1.98. The molecule has 1 aromatic heterocycles. The van der Waals surface area contributed by atoms with Gasteiger partial charge in [0.1, 0.15) is 11.6 Å².